The van der Waals surface area contributed by atoms with E-state index in [-0.39, 0.29) is 34.9 Å². The minimum absolute atomic E-state index is 0.0107. The third-order valence-corrected chi connectivity index (χ3v) is 5.64. The molecule has 186 valence electrons. The van der Waals surface area contributed by atoms with Crippen molar-refractivity contribution in [3.63, 3.8) is 0 Å². The van der Waals surface area contributed by atoms with E-state index < -0.39 is 46.9 Å². The van der Waals surface area contributed by atoms with E-state index in [1.807, 2.05) is 0 Å². The number of hydrogen-bond donors (Lipinski definition) is 2. The number of halogens is 5. The predicted octanol–water partition coefficient (Wildman–Crippen LogP) is 3.90. The Bertz CT molecular complexity index is 1420. The lowest BCUT2D eigenvalue weighted by atomic mass is 9.89. The molecule has 4 rings (SSSR count). The highest BCUT2D eigenvalue weighted by atomic mass is 35.5. The zero-order valence-corrected chi connectivity index (χ0v) is 18.9. The SMILES string of the molecule is N#Cc1cc(Cl)cc(Oc2c(C(F)(F)F)ncn(CC3CC(c4ccccc4F)C(=O)NN3)c2=O)c1. The van der Waals surface area contributed by atoms with Gasteiger partial charge in [-0.25, -0.2) is 14.8 Å². The normalized spacial score (nSPS) is 17.8. The van der Waals surface area contributed by atoms with Crippen LogP contribution in [0.25, 0.3) is 0 Å². The quantitative estimate of drug-likeness (QED) is 0.493. The number of nitriles is 1. The zero-order chi connectivity index (χ0) is 26.0. The van der Waals surface area contributed by atoms with Gasteiger partial charge in [0.25, 0.3) is 5.56 Å². The topological polar surface area (TPSA) is 109 Å². The number of amides is 1. The van der Waals surface area contributed by atoms with Crippen molar-refractivity contribution >= 4 is 17.5 Å². The van der Waals surface area contributed by atoms with Crippen LogP contribution in [-0.4, -0.2) is 21.5 Å². The molecule has 36 heavy (non-hydrogen) atoms. The number of alkyl halides is 3. The standard InChI is InChI=1S/C23H16ClF4N5O3/c24-13-5-12(9-29)6-15(7-13)36-19-20(23(26,27)28)30-11-33(22(19)35)10-14-8-17(21(34)32-31-14)16-3-1-2-4-18(16)25/h1-7,11,14,17,31H,8,10H2,(H,32,34). The van der Waals surface area contributed by atoms with E-state index in [4.69, 9.17) is 21.6 Å². The van der Waals surface area contributed by atoms with Gasteiger partial charge in [0.15, 0.2) is 5.69 Å². The van der Waals surface area contributed by atoms with E-state index >= 15 is 0 Å². The smallest absolute Gasteiger partial charge is 0.437 e. The second-order valence-corrected chi connectivity index (χ2v) is 8.34. The van der Waals surface area contributed by atoms with E-state index in [2.05, 4.69) is 15.8 Å². The first-order valence-corrected chi connectivity index (χ1v) is 10.8. The molecule has 2 aromatic carbocycles. The summed E-state index contributed by atoms with van der Waals surface area (Å²) in [4.78, 5) is 28.7. The number of hydrogen-bond acceptors (Lipinski definition) is 6. The van der Waals surface area contributed by atoms with Gasteiger partial charge in [-0.1, -0.05) is 29.8 Å². The Labute approximate surface area is 206 Å². The molecule has 0 spiro atoms. The molecule has 1 aromatic heterocycles. The molecule has 1 aliphatic heterocycles. The molecular formula is C23H16ClF4N5O3. The Kier molecular flexibility index (Phi) is 6.96. The lowest BCUT2D eigenvalue weighted by Gasteiger charge is -2.31. The number of aromatic nitrogens is 2. The van der Waals surface area contributed by atoms with Gasteiger partial charge in [0.05, 0.1) is 23.9 Å². The van der Waals surface area contributed by atoms with Gasteiger partial charge < -0.3 is 4.74 Å². The summed E-state index contributed by atoms with van der Waals surface area (Å²) in [6, 6.07) is 10.4. The minimum Gasteiger partial charge on any atom is -0.449 e. The molecule has 2 N–H and O–H groups in total. The first kappa shape index (κ1) is 25.2. The summed E-state index contributed by atoms with van der Waals surface area (Å²) >= 11 is 5.89. The average Bonchev–Trinajstić information content (AvgIpc) is 2.82. The van der Waals surface area contributed by atoms with E-state index in [0.717, 1.165) is 16.7 Å². The van der Waals surface area contributed by atoms with Crippen molar-refractivity contribution in [3.05, 3.63) is 86.8 Å². The van der Waals surface area contributed by atoms with Crippen LogP contribution in [0, 0.1) is 17.1 Å². The van der Waals surface area contributed by atoms with Crippen LogP contribution in [0.5, 0.6) is 11.5 Å². The van der Waals surface area contributed by atoms with Gasteiger partial charge in [0.2, 0.25) is 11.7 Å². The van der Waals surface area contributed by atoms with E-state index in [9.17, 15) is 27.2 Å². The lowest BCUT2D eigenvalue weighted by molar-refractivity contribution is -0.142. The molecule has 0 aliphatic carbocycles. The van der Waals surface area contributed by atoms with Crippen LogP contribution in [0.3, 0.4) is 0 Å². The third kappa shape index (κ3) is 5.32. The fourth-order valence-electron chi connectivity index (χ4n) is 3.79. The summed E-state index contributed by atoms with van der Waals surface area (Å²) in [6.07, 6.45) is -4.25. The van der Waals surface area contributed by atoms with Crippen LogP contribution in [0.2, 0.25) is 5.02 Å². The Morgan fingerprint density at radius 2 is 1.97 bits per heavy atom. The van der Waals surface area contributed by atoms with Crippen molar-refractivity contribution in [2.75, 3.05) is 0 Å². The predicted molar refractivity (Wildman–Crippen MR) is 119 cm³/mol. The number of carbonyl (C=O) groups is 1. The highest BCUT2D eigenvalue weighted by Crippen LogP contribution is 2.35. The highest BCUT2D eigenvalue weighted by molar-refractivity contribution is 6.30. The van der Waals surface area contributed by atoms with Gasteiger partial charge in [-0.2, -0.15) is 18.4 Å². The van der Waals surface area contributed by atoms with Crippen LogP contribution in [0.15, 0.2) is 53.6 Å². The van der Waals surface area contributed by atoms with Crippen LogP contribution in [0.1, 0.15) is 29.2 Å². The number of nitrogens with zero attached hydrogens (tertiary/aromatic N) is 3. The first-order chi connectivity index (χ1) is 17.1. The van der Waals surface area contributed by atoms with Gasteiger partial charge in [-0.3, -0.25) is 19.6 Å². The summed E-state index contributed by atoms with van der Waals surface area (Å²) in [7, 11) is 0. The Hall–Kier alpha value is -3.95. The van der Waals surface area contributed by atoms with Crippen molar-refractivity contribution in [3.8, 4) is 17.6 Å². The maximum absolute atomic E-state index is 14.2. The van der Waals surface area contributed by atoms with Gasteiger partial charge in [0, 0.05) is 23.2 Å². The lowest BCUT2D eigenvalue weighted by Crippen LogP contribution is -2.54. The largest absolute Gasteiger partial charge is 0.449 e. The molecular weight excluding hydrogens is 506 g/mol. The molecule has 2 unspecified atom stereocenters. The number of hydrazine groups is 1. The fraction of sp³-hybridized carbons (Fsp3) is 0.217. The summed E-state index contributed by atoms with van der Waals surface area (Å²) in [5, 5.41) is 9.09. The summed E-state index contributed by atoms with van der Waals surface area (Å²) in [5.41, 5.74) is 2.53. The monoisotopic (exact) mass is 521 g/mol. The Balaban J connectivity index is 1.66. The van der Waals surface area contributed by atoms with Gasteiger partial charge in [-0.05, 0) is 30.7 Å². The first-order valence-electron chi connectivity index (χ1n) is 10.4. The summed E-state index contributed by atoms with van der Waals surface area (Å²) in [5.74, 6) is -3.33. The molecule has 1 fully saturated rings. The minimum atomic E-state index is -5.02. The van der Waals surface area contributed by atoms with Crippen molar-refractivity contribution in [2.24, 2.45) is 0 Å². The number of carbonyl (C=O) groups excluding carboxylic acids is 1. The maximum Gasteiger partial charge on any atom is 0.437 e. The molecule has 1 amide bonds. The average molecular weight is 522 g/mol. The molecule has 13 heteroatoms. The Morgan fingerprint density at radius 1 is 1.22 bits per heavy atom. The van der Waals surface area contributed by atoms with E-state index in [1.165, 1.54) is 24.3 Å². The van der Waals surface area contributed by atoms with Crippen molar-refractivity contribution < 1.29 is 27.1 Å². The van der Waals surface area contributed by atoms with E-state index in [1.54, 1.807) is 12.1 Å². The van der Waals surface area contributed by atoms with Crippen LogP contribution >= 0.6 is 11.6 Å². The molecule has 0 bridgehead atoms. The van der Waals surface area contributed by atoms with Crippen molar-refractivity contribution in [1.29, 1.82) is 5.26 Å². The summed E-state index contributed by atoms with van der Waals surface area (Å²) in [6.45, 7) is -0.218. The Morgan fingerprint density at radius 3 is 2.67 bits per heavy atom. The number of benzene rings is 2. The molecule has 1 aliphatic rings. The molecule has 0 radical (unpaired) electrons. The molecule has 3 aromatic rings. The molecule has 0 saturated carbocycles. The van der Waals surface area contributed by atoms with Crippen molar-refractivity contribution in [2.45, 2.75) is 31.1 Å². The molecule has 2 heterocycles. The zero-order valence-electron chi connectivity index (χ0n) is 18.1. The number of ether oxygens (including phenoxy) is 1. The van der Waals surface area contributed by atoms with Crippen LogP contribution in [-0.2, 0) is 17.5 Å². The maximum atomic E-state index is 14.2. The molecule has 1 saturated heterocycles. The van der Waals surface area contributed by atoms with E-state index in [0.29, 0.717) is 6.33 Å². The van der Waals surface area contributed by atoms with Gasteiger partial charge in [-0.15, -0.1) is 0 Å². The molecule has 8 nitrogen and oxygen atoms in total. The highest BCUT2D eigenvalue weighted by Gasteiger charge is 2.39. The van der Waals surface area contributed by atoms with Gasteiger partial charge in [0.1, 0.15) is 11.6 Å². The second kappa shape index (κ2) is 9.96. The summed E-state index contributed by atoms with van der Waals surface area (Å²) < 4.78 is 61.2. The van der Waals surface area contributed by atoms with Crippen LogP contribution < -0.4 is 21.1 Å². The fourth-order valence-corrected chi connectivity index (χ4v) is 4.02. The molecule has 2 atom stereocenters. The van der Waals surface area contributed by atoms with Crippen LogP contribution in [0.4, 0.5) is 17.6 Å². The number of rotatable bonds is 5. The second-order valence-electron chi connectivity index (χ2n) is 7.91. The van der Waals surface area contributed by atoms with Gasteiger partial charge >= 0.3 is 6.18 Å². The number of nitrogens with one attached hydrogen (secondary N) is 2. The van der Waals surface area contributed by atoms with Crippen molar-refractivity contribution in [1.82, 2.24) is 20.4 Å². The third-order valence-electron chi connectivity index (χ3n) is 5.42.